The number of alkyl halides is 6. The van der Waals surface area contributed by atoms with Gasteiger partial charge in [0.25, 0.3) is 0 Å². The van der Waals surface area contributed by atoms with Crippen molar-refractivity contribution in [3.8, 4) is 12.0 Å². The van der Waals surface area contributed by atoms with Gasteiger partial charge in [0.05, 0.1) is 0 Å². The zero-order chi connectivity index (χ0) is 13.3. The Morgan fingerprint density at radius 1 is 0.824 bits per heavy atom. The van der Waals surface area contributed by atoms with E-state index in [4.69, 9.17) is 11.6 Å². The highest BCUT2D eigenvalue weighted by molar-refractivity contribution is 6.28. The number of hydrogen-bond donors (Lipinski definition) is 0. The Labute approximate surface area is 106 Å². The van der Waals surface area contributed by atoms with Crippen molar-refractivity contribution in [1.29, 1.82) is 0 Å². The third kappa shape index (κ3) is 5.89. The van der Waals surface area contributed by atoms with Crippen LogP contribution in [0, 0.1) is 0 Å². The van der Waals surface area contributed by atoms with Crippen molar-refractivity contribution in [2.24, 2.45) is 0 Å². The van der Waals surface area contributed by atoms with Gasteiger partial charge in [0, 0.05) is 23.2 Å². The second kappa shape index (κ2) is 4.83. The highest BCUT2D eigenvalue weighted by Crippen LogP contribution is 2.26. The lowest BCUT2D eigenvalue weighted by molar-refractivity contribution is -0.109. The molecule has 0 atom stereocenters. The summed E-state index contributed by atoms with van der Waals surface area (Å²) < 4.78 is 56.1. The van der Waals surface area contributed by atoms with E-state index in [1.807, 2.05) is 0 Å². The Kier molecular flexibility index (Phi) is 4.05. The van der Waals surface area contributed by atoms with Gasteiger partial charge in [-0.25, -0.2) is 0 Å². The average molecular weight is 316 g/mol. The van der Waals surface area contributed by atoms with E-state index < -0.39 is 28.4 Å². The van der Waals surface area contributed by atoms with Crippen LogP contribution in [-0.4, -0.2) is 26.1 Å². The lowest BCUT2D eigenvalue weighted by Crippen LogP contribution is -2.20. The monoisotopic (exact) mass is 315 g/mol. The fourth-order valence-corrected chi connectivity index (χ4v) is 0.896. The van der Waals surface area contributed by atoms with Gasteiger partial charge in [-0.3, -0.25) is 0 Å². The van der Waals surface area contributed by atoms with E-state index in [9.17, 15) is 17.6 Å². The molecular weight excluding hydrogens is 316 g/mol. The van der Waals surface area contributed by atoms with Crippen molar-refractivity contribution in [3.63, 3.8) is 0 Å². The maximum Gasteiger partial charge on any atom is 0.489 e. The van der Waals surface area contributed by atoms with Crippen molar-refractivity contribution in [1.82, 2.24) is 15.0 Å². The molecule has 0 unspecified atom stereocenters. The quantitative estimate of drug-likeness (QED) is 0.631. The summed E-state index contributed by atoms with van der Waals surface area (Å²) in [5, 5.41) is -0.730. The number of ether oxygens (including phenoxy) is 2. The van der Waals surface area contributed by atoms with Crippen LogP contribution in [0.4, 0.5) is 17.6 Å². The molecule has 1 rings (SSSR count). The van der Waals surface area contributed by atoms with Crippen LogP contribution in [0.25, 0.3) is 0 Å². The molecule has 0 saturated carbocycles. The molecule has 0 saturated heterocycles. The predicted octanol–water partition coefficient (Wildman–Crippen LogP) is 2.86. The van der Waals surface area contributed by atoms with Crippen molar-refractivity contribution >= 4 is 34.8 Å². The fourth-order valence-electron chi connectivity index (χ4n) is 0.613. The Bertz CT molecular complexity index is 376. The molecule has 1 heterocycles. The molecular formula is C5Cl3F4N3O2. The summed E-state index contributed by atoms with van der Waals surface area (Å²) in [6, 6.07) is -2.22. The lowest BCUT2D eigenvalue weighted by atomic mass is 10.9. The molecule has 0 aliphatic rings. The standard InChI is InChI=1S/C5Cl3F4N3O2/c6-1-13-2(16-4(7,9)10)15-3(14-1)17-5(8,11)12. The smallest absolute Gasteiger partial charge is 0.385 e. The van der Waals surface area contributed by atoms with Gasteiger partial charge in [-0.1, -0.05) is 0 Å². The molecule has 0 radical (unpaired) electrons. The lowest BCUT2D eigenvalue weighted by Gasteiger charge is -2.11. The fraction of sp³-hybridized carbons (Fsp3) is 0.400. The van der Waals surface area contributed by atoms with Crippen molar-refractivity contribution in [2.45, 2.75) is 11.1 Å². The second-order valence-electron chi connectivity index (χ2n) is 2.27. The topological polar surface area (TPSA) is 57.1 Å². The molecule has 0 spiro atoms. The number of nitrogens with zero attached hydrogens (tertiary/aromatic N) is 3. The summed E-state index contributed by atoms with van der Waals surface area (Å²) in [4.78, 5) is 9.00. The summed E-state index contributed by atoms with van der Waals surface area (Å²) in [7, 11) is 0. The van der Waals surface area contributed by atoms with E-state index in [1.165, 1.54) is 0 Å². The Morgan fingerprint density at radius 2 is 1.18 bits per heavy atom. The number of hydrogen-bond acceptors (Lipinski definition) is 5. The first-order chi connectivity index (χ1) is 7.55. The molecule has 1 aromatic rings. The van der Waals surface area contributed by atoms with Gasteiger partial charge < -0.3 is 9.47 Å². The van der Waals surface area contributed by atoms with E-state index in [0.717, 1.165) is 0 Å². The van der Waals surface area contributed by atoms with Gasteiger partial charge >= 0.3 is 23.2 Å². The maximum atomic E-state index is 12.2. The van der Waals surface area contributed by atoms with Crippen LogP contribution in [-0.2, 0) is 0 Å². The zero-order valence-electron chi connectivity index (χ0n) is 7.30. The Balaban J connectivity index is 2.95. The number of rotatable bonds is 4. The molecule has 0 bridgehead atoms. The maximum absolute atomic E-state index is 12.2. The average Bonchev–Trinajstić information content (AvgIpc) is 1.93. The molecule has 0 aliphatic carbocycles. The van der Waals surface area contributed by atoms with Gasteiger partial charge in [0.1, 0.15) is 0 Å². The van der Waals surface area contributed by atoms with E-state index in [2.05, 4.69) is 47.6 Å². The van der Waals surface area contributed by atoms with Gasteiger partial charge in [-0.15, -0.1) is 22.5 Å². The minimum atomic E-state index is -4.15. The van der Waals surface area contributed by atoms with Gasteiger partial charge in [0.2, 0.25) is 5.28 Å². The molecule has 17 heavy (non-hydrogen) atoms. The molecule has 5 nitrogen and oxygen atoms in total. The summed E-state index contributed by atoms with van der Waals surface area (Å²) in [6.45, 7) is 0. The second-order valence-corrected chi connectivity index (χ2v) is 3.48. The molecule has 0 fully saturated rings. The summed E-state index contributed by atoms with van der Waals surface area (Å²) >= 11 is 14.0. The summed E-state index contributed by atoms with van der Waals surface area (Å²) in [5.74, 6) is 0. The van der Waals surface area contributed by atoms with Crippen molar-refractivity contribution in [2.75, 3.05) is 0 Å². The molecule has 0 aromatic carbocycles. The highest BCUT2D eigenvalue weighted by atomic mass is 35.5. The van der Waals surface area contributed by atoms with Gasteiger partial charge in [-0.05, 0) is 11.6 Å². The molecule has 0 N–H and O–H groups in total. The third-order valence-corrected chi connectivity index (χ3v) is 1.30. The van der Waals surface area contributed by atoms with Crippen LogP contribution in [0.3, 0.4) is 0 Å². The molecule has 12 heteroatoms. The molecule has 0 amide bonds. The van der Waals surface area contributed by atoms with Crippen LogP contribution in [0.5, 0.6) is 12.0 Å². The zero-order valence-corrected chi connectivity index (χ0v) is 9.57. The normalized spacial score (nSPS) is 12.4. The van der Waals surface area contributed by atoms with Crippen LogP contribution in [0.1, 0.15) is 0 Å². The Morgan fingerprint density at radius 3 is 1.47 bits per heavy atom. The van der Waals surface area contributed by atoms with E-state index in [-0.39, 0.29) is 0 Å². The first-order valence-corrected chi connectivity index (χ1v) is 4.61. The van der Waals surface area contributed by atoms with Crippen LogP contribution >= 0.6 is 34.8 Å². The van der Waals surface area contributed by atoms with Gasteiger partial charge in [-0.2, -0.15) is 9.97 Å². The molecule has 0 aliphatic heterocycles. The van der Waals surface area contributed by atoms with E-state index in [1.54, 1.807) is 0 Å². The minimum absolute atomic E-state index is 0.730. The summed E-state index contributed by atoms with van der Waals surface area (Å²) in [5.41, 5.74) is -8.29. The largest absolute Gasteiger partial charge is 0.489 e. The first kappa shape index (κ1) is 14.3. The minimum Gasteiger partial charge on any atom is -0.385 e. The molecule has 96 valence electrons. The number of halogens is 7. The van der Waals surface area contributed by atoms with Crippen LogP contribution < -0.4 is 9.47 Å². The summed E-state index contributed by atoms with van der Waals surface area (Å²) in [6.07, 6.45) is 0. The third-order valence-electron chi connectivity index (χ3n) is 0.981. The highest BCUT2D eigenvalue weighted by Gasteiger charge is 2.32. The van der Waals surface area contributed by atoms with Crippen LogP contribution in [0.2, 0.25) is 5.28 Å². The Hall–Kier alpha value is -0.800. The molecule has 1 aromatic heterocycles. The van der Waals surface area contributed by atoms with Crippen molar-refractivity contribution < 1.29 is 27.0 Å². The number of aromatic nitrogens is 3. The van der Waals surface area contributed by atoms with Crippen molar-refractivity contribution in [3.05, 3.63) is 5.28 Å². The predicted molar refractivity (Wildman–Crippen MR) is 47.7 cm³/mol. The van der Waals surface area contributed by atoms with Gasteiger partial charge in [0.15, 0.2) is 0 Å². The first-order valence-electron chi connectivity index (χ1n) is 3.48. The van der Waals surface area contributed by atoms with Crippen LogP contribution in [0.15, 0.2) is 0 Å². The SMILES string of the molecule is FC(F)(Cl)Oc1nc(Cl)nc(OC(F)(F)Cl)n1. The van der Waals surface area contributed by atoms with E-state index in [0.29, 0.717) is 0 Å². The van der Waals surface area contributed by atoms with E-state index >= 15 is 0 Å².